The van der Waals surface area contributed by atoms with E-state index in [1.165, 1.54) is 6.07 Å². The molecular formula is C14H21NO4. The molecule has 0 unspecified atom stereocenters. The number of hydrogen-bond donors (Lipinski definition) is 1. The van der Waals surface area contributed by atoms with E-state index in [2.05, 4.69) is 0 Å². The topological polar surface area (TPSA) is 80.4 Å². The number of hydrogen-bond acceptors (Lipinski definition) is 4. The van der Waals surface area contributed by atoms with Crippen molar-refractivity contribution >= 4 is 11.5 Å². The molecule has 0 aliphatic heterocycles. The lowest BCUT2D eigenvalue weighted by molar-refractivity contribution is -0.386. The summed E-state index contributed by atoms with van der Waals surface area (Å²) in [6.45, 7) is 10.6. The van der Waals surface area contributed by atoms with Crippen molar-refractivity contribution in [2.75, 3.05) is 0 Å². The Morgan fingerprint density at radius 1 is 1.32 bits per heavy atom. The predicted octanol–water partition coefficient (Wildman–Crippen LogP) is 3.78. The van der Waals surface area contributed by atoms with Gasteiger partial charge in [-0.1, -0.05) is 27.7 Å². The van der Waals surface area contributed by atoms with Crippen molar-refractivity contribution in [1.29, 1.82) is 0 Å². The van der Waals surface area contributed by atoms with Crippen molar-refractivity contribution < 1.29 is 14.8 Å². The number of Topliss-reactive ketones (excluding diaryl/α,β-unsaturated/α-hetero) is 1. The maximum Gasteiger partial charge on any atom is 0.314 e. The molecule has 0 aliphatic rings. The van der Waals surface area contributed by atoms with Crippen LogP contribution in [0.3, 0.4) is 0 Å². The highest BCUT2D eigenvalue weighted by atomic mass is 16.6. The van der Waals surface area contributed by atoms with E-state index in [4.69, 9.17) is 0 Å². The van der Waals surface area contributed by atoms with Crippen LogP contribution in [-0.2, 0) is 0 Å². The van der Waals surface area contributed by atoms with E-state index < -0.39 is 10.7 Å². The van der Waals surface area contributed by atoms with E-state index >= 15 is 0 Å². The summed E-state index contributed by atoms with van der Waals surface area (Å²) < 4.78 is 0. The summed E-state index contributed by atoms with van der Waals surface area (Å²) in [4.78, 5) is 22.0. The number of phenols is 1. The number of rotatable bonds is 3. The van der Waals surface area contributed by atoms with Gasteiger partial charge in [0, 0.05) is 11.5 Å². The molecule has 5 nitrogen and oxygen atoms in total. The van der Waals surface area contributed by atoms with Gasteiger partial charge in [0.25, 0.3) is 0 Å². The fraction of sp³-hybridized carbons (Fsp3) is 0.500. The Morgan fingerprint density at radius 2 is 1.79 bits per heavy atom. The first-order valence-corrected chi connectivity index (χ1v) is 6.29. The molecule has 0 heterocycles. The van der Waals surface area contributed by atoms with Crippen LogP contribution in [0.25, 0.3) is 0 Å². The zero-order chi connectivity index (χ0) is 15.3. The van der Waals surface area contributed by atoms with Gasteiger partial charge in [-0.15, -0.1) is 0 Å². The van der Waals surface area contributed by atoms with Crippen molar-refractivity contribution in [3.8, 4) is 5.75 Å². The number of benzene rings is 1. The van der Waals surface area contributed by atoms with Crippen LogP contribution >= 0.6 is 0 Å². The average Bonchev–Trinajstić information content (AvgIpc) is 2.35. The van der Waals surface area contributed by atoms with Gasteiger partial charge >= 0.3 is 5.69 Å². The number of phenolic OH excluding ortho intramolecular Hbond substituents is 1. The van der Waals surface area contributed by atoms with Gasteiger partial charge in [-0.05, 0) is 25.5 Å². The first-order chi connectivity index (χ1) is 8.77. The summed E-state index contributed by atoms with van der Waals surface area (Å²) >= 11 is 0. The maximum atomic E-state index is 11.8. The molecule has 1 N–H and O–H groups in total. The standard InChI is InChI=1S/C12H15NO4.C2H6/c1-6(2)11(14)9-5-7(3)8(4)10(12(9)15)13(16)17;1-2/h5-6,15H,1-4H3;1-2H3. The van der Waals surface area contributed by atoms with Crippen LogP contribution in [0.5, 0.6) is 5.75 Å². The van der Waals surface area contributed by atoms with Gasteiger partial charge in [0.2, 0.25) is 5.75 Å². The minimum atomic E-state index is -0.658. The number of carbonyl (C=O) groups excluding carboxylic acids is 1. The van der Waals surface area contributed by atoms with Crippen LogP contribution in [0.15, 0.2) is 6.07 Å². The minimum absolute atomic E-state index is 0.0230. The first-order valence-electron chi connectivity index (χ1n) is 6.29. The monoisotopic (exact) mass is 267 g/mol. The molecule has 0 bridgehead atoms. The highest BCUT2D eigenvalue weighted by molar-refractivity contribution is 6.01. The highest BCUT2D eigenvalue weighted by Crippen LogP contribution is 2.36. The van der Waals surface area contributed by atoms with E-state index in [1.54, 1.807) is 27.7 Å². The highest BCUT2D eigenvalue weighted by Gasteiger charge is 2.26. The molecule has 0 aliphatic carbocycles. The maximum absolute atomic E-state index is 11.8. The van der Waals surface area contributed by atoms with Gasteiger partial charge in [-0.3, -0.25) is 14.9 Å². The normalized spacial score (nSPS) is 9.84. The Bertz CT molecular complexity index is 493. The number of aryl methyl sites for hydroxylation is 1. The number of ketones is 1. The van der Waals surface area contributed by atoms with Gasteiger partial charge in [0.1, 0.15) is 0 Å². The summed E-state index contributed by atoms with van der Waals surface area (Å²) in [6.07, 6.45) is 0. The number of nitro groups is 1. The first kappa shape index (κ1) is 17.1. The quantitative estimate of drug-likeness (QED) is 0.513. The molecule has 1 rings (SSSR count). The van der Waals surface area contributed by atoms with Gasteiger partial charge in [-0.25, -0.2) is 0 Å². The van der Waals surface area contributed by atoms with Crippen LogP contribution in [0.4, 0.5) is 5.69 Å². The van der Waals surface area contributed by atoms with E-state index in [-0.39, 0.29) is 23.0 Å². The molecule has 0 spiro atoms. The average molecular weight is 267 g/mol. The van der Waals surface area contributed by atoms with E-state index in [9.17, 15) is 20.0 Å². The number of carbonyl (C=O) groups is 1. The zero-order valence-electron chi connectivity index (χ0n) is 12.3. The van der Waals surface area contributed by atoms with Crippen LogP contribution in [0.2, 0.25) is 0 Å². The van der Waals surface area contributed by atoms with Crippen molar-refractivity contribution in [2.24, 2.45) is 5.92 Å². The second-order valence-corrected chi connectivity index (χ2v) is 4.34. The molecule has 0 fully saturated rings. The molecule has 0 atom stereocenters. The summed E-state index contributed by atoms with van der Waals surface area (Å²) in [5.41, 5.74) is 0.648. The van der Waals surface area contributed by atoms with Crippen LogP contribution in [-0.4, -0.2) is 15.8 Å². The largest absolute Gasteiger partial charge is 0.502 e. The lowest BCUT2D eigenvalue weighted by atomic mass is 9.95. The molecule has 5 heteroatoms. The lowest BCUT2D eigenvalue weighted by Gasteiger charge is -2.10. The number of nitrogens with zero attached hydrogens (tertiary/aromatic N) is 1. The smallest absolute Gasteiger partial charge is 0.314 e. The molecule has 19 heavy (non-hydrogen) atoms. The van der Waals surface area contributed by atoms with E-state index in [0.29, 0.717) is 11.1 Å². The zero-order valence-corrected chi connectivity index (χ0v) is 12.3. The van der Waals surface area contributed by atoms with Crippen molar-refractivity contribution in [1.82, 2.24) is 0 Å². The fourth-order valence-electron chi connectivity index (χ4n) is 1.61. The molecule has 106 valence electrons. The second-order valence-electron chi connectivity index (χ2n) is 4.34. The Labute approximate surface area is 113 Å². The predicted molar refractivity (Wildman–Crippen MR) is 74.8 cm³/mol. The molecule has 0 saturated heterocycles. The molecule has 1 aromatic carbocycles. The molecule has 0 aromatic heterocycles. The van der Waals surface area contributed by atoms with E-state index in [1.807, 2.05) is 13.8 Å². The number of nitro benzene ring substituents is 1. The van der Waals surface area contributed by atoms with Gasteiger partial charge in [0.05, 0.1) is 10.5 Å². The third kappa shape index (κ3) is 3.53. The summed E-state index contributed by atoms with van der Waals surface area (Å²) in [5.74, 6) is -1.15. The van der Waals surface area contributed by atoms with Crippen LogP contribution in [0, 0.1) is 29.9 Å². The summed E-state index contributed by atoms with van der Waals surface area (Å²) in [6, 6.07) is 1.50. The van der Waals surface area contributed by atoms with Gasteiger partial charge in [-0.2, -0.15) is 0 Å². The summed E-state index contributed by atoms with van der Waals surface area (Å²) in [5, 5.41) is 20.7. The van der Waals surface area contributed by atoms with E-state index in [0.717, 1.165) is 0 Å². The van der Waals surface area contributed by atoms with Crippen molar-refractivity contribution in [3.63, 3.8) is 0 Å². The van der Waals surface area contributed by atoms with Crippen molar-refractivity contribution in [3.05, 3.63) is 32.9 Å². The van der Waals surface area contributed by atoms with Crippen molar-refractivity contribution in [2.45, 2.75) is 41.5 Å². The Balaban J connectivity index is 0.00000154. The van der Waals surface area contributed by atoms with Gasteiger partial charge < -0.3 is 5.11 Å². The second kappa shape index (κ2) is 6.87. The van der Waals surface area contributed by atoms with Gasteiger partial charge in [0.15, 0.2) is 5.78 Å². The molecule has 0 radical (unpaired) electrons. The van der Waals surface area contributed by atoms with Crippen LogP contribution in [0.1, 0.15) is 49.2 Å². The lowest BCUT2D eigenvalue weighted by Crippen LogP contribution is -2.10. The molecular weight excluding hydrogens is 246 g/mol. The molecule has 0 amide bonds. The van der Waals surface area contributed by atoms with Crippen LogP contribution < -0.4 is 0 Å². The summed E-state index contributed by atoms with van der Waals surface area (Å²) in [7, 11) is 0. The fourth-order valence-corrected chi connectivity index (χ4v) is 1.61. The number of aromatic hydroxyl groups is 1. The Morgan fingerprint density at radius 3 is 2.16 bits per heavy atom. The Hall–Kier alpha value is -1.91. The third-order valence-electron chi connectivity index (χ3n) is 2.76. The third-order valence-corrected chi connectivity index (χ3v) is 2.76. The minimum Gasteiger partial charge on any atom is -0.502 e. The Kier molecular flexibility index (Phi) is 6.18. The molecule has 0 saturated carbocycles. The SMILES string of the molecule is CC.Cc1cc(C(=O)C(C)C)c(O)c([N+](=O)[O-])c1C. The molecule has 1 aromatic rings.